The van der Waals surface area contributed by atoms with Gasteiger partial charge in [0, 0.05) is 37.2 Å². The van der Waals surface area contributed by atoms with Gasteiger partial charge in [0.1, 0.15) is 24.0 Å². The number of nitrogens with zero attached hydrogens (tertiary/aromatic N) is 4. The third kappa shape index (κ3) is 4.20. The maximum absolute atomic E-state index is 13.6. The first-order chi connectivity index (χ1) is 15.0. The lowest BCUT2D eigenvalue weighted by molar-refractivity contribution is -0.123. The Morgan fingerprint density at radius 3 is 2.52 bits per heavy atom. The lowest BCUT2D eigenvalue weighted by atomic mass is 9.84. The van der Waals surface area contributed by atoms with Crippen molar-refractivity contribution >= 4 is 5.91 Å². The van der Waals surface area contributed by atoms with Crippen LogP contribution in [0.3, 0.4) is 0 Å². The van der Waals surface area contributed by atoms with Crippen LogP contribution in [0.5, 0.6) is 0 Å². The Labute approximate surface area is 178 Å². The molecule has 3 aromatic rings. The predicted octanol–water partition coefficient (Wildman–Crippen LogP) is 2.93. The van der Waals surface area contributed by atoms with E-state index < -0.39 is 0 Å². The van der Waals surface area contributed by atoms with Gasteiger partial charge in [-0.15, -0.1) is 0 Å². The molecule has 6 nitrogen and oxygen atoms in total. The number of likely N-dealkylation sites (tertiary alicyclic amines) is 1. The summed E-state index contributed by atoms with van der Waals surface area (Å²) in [5, 5.41) is 7.66. The van der Waals surface area contributed by atoms with E-state index >= 15 is 0 Å². The smallest absolute Gasteiger partial charge is 0.242 e. The quantitative estimate of drug-likeness (QED) is 0.704. The maximum Gasteiger partial charge on any atom is 0.242 e. The number of carbonyl (C=O) groups is 1. The SMILES string of the molecule is O=C1Cn2nc(-c3cccc(F)c3)nc2CC2(CCN(Cc3cccc(F)c3)CC2)N1. The highest BCUT2D eigenvalue weighted by Gasteiger charge is 2.39. The number of carbonyl (C=O) groups excluding carboxylic acids is 1. The van der Waals surface area contributed by atoms with Crippen LogP contribution in [0.1, 0.15) is 24.2 Å². The third-order valence-electron chi connectivity index (χ3n) is 6.13. The van der Waals surface area contributed by atoms with Crippen molar-refractivity contribution in [1.82, 2.24) is 25.0 Å². The van der Waals surface area contributed by atoms with E-state index in [1.807, 2.05) is 6.07 Å². The van der Waals surface area contributed by atoms with Crippen molar-refractivity contribution in [3.63, 3.8) is 0 Å². The van der Waals surface area contributed by atoms with E-state index in [4.69, 9.17) is 0 Å². The summed E-state index contributed by atoms with van der Waals surface area (Å²) in [6, 6.07) is 12.8. The fourth-order valence-corrected chi connectivity index (χ4v) is 4.53. The van der Waals surface area contributed by atoms with Gasteiger partial charge in [0.25, 0.3) is 0 Å². The number of amides is 1. The van der Waals surface area contributed by atoms with Gasteiger partial charge in [-0.2, -0.15) is 5.10 Å². The average Bonchev–Trinajstić information content (AvgIpc) is 3.06. The van der Waals surface area contributed by atoms with Crippen molar-refractivity contribution in [3.8, 4) is 11.4 Å². The minimum absolute atomic E-state index is 0.0898. The molecule has 1 fully saturated rings. The monoisotopic (exact) mass is 423 g/mol. The molecule has 2 aliphatic heterocycles. The van der Waals surface area contributed by atoms with Crippen LogP contribution in [0.15, 0.2) is 48.5 Å². The molecule has 1 aromatic heterocycles. The molecule has 8 heteroatoms. The zero-order valence-electron chi connectivity index (χ0n) is 17.0. The molecule has 0 bridgehead atoms. The number of fused-ring (bicyclic) bond motifs is 1. The van der Waals surface area contributed by atoms with Crippen LogP contribution in [0.4, 0.5) is 8.78 Å². The van der Waals surface area contributed by atoms with Crippen LogP contribution in [0.2, 0.25) is 0 Å². The number of piperidine rings is 1. The molecule has 0 unspecified atom stereocenters. The Hall–Kier alpha value is -3.13. The molecule has 1 N–H and O–H groups in total. The lowest BCUT2D eigenvalue weighted by Gasteiger charge is -2.41. The molecule has 1 amide bonds. The highest BCUT2D eigenvalue weighted by Crippen LogP contribution is 2.30. The van der Waals surface area contributed by atoms with Gasteiger partial charge in [-0.25, -0.2) is 18.4 Å². The fraction of sp³-hybridized carbons (Fsp3) is 0.348. The summed E-state index contributed by atoms with van der Waals surface area (Å²) < 4.78 is 28.7. The summed E-state index contributed by atoms with van der Waals surface area (Å²) in [5.74, 6) is 0.505. The number of hydrogen-bond acceptors (Lipinski definition) is 4. The van der Waals surface area contributed by atoms with Crippen LogP contribution in [0, 0.1) is 11.6 Å². The van der Waals surface area contributed by atoms with Gasteiger partial charge in [0.2, 0.25) is 5.91 Å². The molecule has 2 aromatic carbocycles. The van der Waals surface area contributed by atoms with E-state index in [-0.39, 0.29) is 29.6 Å². The standard InChI is InChI=1S/C23H23F2N5O/c24-18-5-1-3-16(11-18)14-29-9-7-23(8-10-29)13-20-26-22(17-4-2-6-19(25)12-17)28-30(20)15-21(31)27-23/h1-6,11-12H,7-10,13-15H2,(H,27,31). The first-order valence-corrected chi connectivity index (χ1v) is 10.5. The van der Waals surface area contributed by atoms with Crippen molar-refractivity contribution in [3.05, 3.63) is 71.6 Å². The molecule has 0 aliphatic carbocycles. The molecule has 1 spiro atoms. The van der Waals surface area contributed by atoms with Gasteiger partial charge >= 0.3 is 0 Å². The molecule has 5 rings (SSSR count). The number of rotatable bonds is 3. The van der Waals surface area contributed by atoms with Gasteiger partial charge in [-0.1, -0.05) is 24.3 Å². The van der Waals surface area contributed by atoms with Crippen molar-refractivity contribution in [2.24, 2.45) is 0 Å². The molecule has 1 saturated heterocycles. The second-order valence-electron chi connectivity index (χ2n) is 8.43. The van der Waals surface area contributed by atoms with Gasteiger partial charge < -0.3 is 5.32 Å². The van der Waals surface area contributed by atoms with E-state index in [0.29, 0.717) is 24.4 Å². The summed E-state index contributed by atoms with van der Waals surface area (Å²) in [5.41, 5.74) is 1.16. The zero-order chi connectivity index (χ0) is 21.4. The molecule has 3 heterocycles. The van der Waals surface area contributed by atoms with E-state index in [0.717, 1.165) is 37.3 Å². The fourth-order valence-electron chi connectivity index (χ4n) is 4.53. The molecule has 2 aliphatic rings. The van der Waals surface area contributed by atoms with Crippen LogP contribution < -0.4 is 5.32 Å². The van der Waals surface area contributed by atoms with E-state index in [1.54, 1.807) is 28.9 Å². The maximum atomic E-state index is 13.6. The van der Waals surface area contributed by atoms with Gasteiger partial charge in [0.15, 0.2) is 5.82 Å². The van der Waals surface area contributed by atoms with E-state index in [2.05, 4.69) is 20.3 Å². The lowest BCUT2D eigenvalue weighted by Crippen LogP contribution is -2.56. The summed E-state index contributed by atoms with van der Waals surface area (Å²) in [4.78, 5) is 19.5. The van der Waals surface area contributed by atoms with Crippen LogP contribution >= 0.6 is 0 Å². The second-order valence-corrected chi connectivity index (χ2v) is 8.43. The van der Waals surface area contributed by atoms with E-state index in [9.17, 15) is 13.6 Å². The summed E-state index contributed by atoms with van der Waals surface area (Å²) in [6.07, 6.45) is 2.13. The van der Waals surface area contributed by atoms with Crippen LogP contribution in [-0.4, -0.2) is 44.2 Å². The Morgan fingerprint density at radius 2 is 1.77 bits per heavy atom. The minimum Gasteiger partial charge on any atom is -0.349 e. The summed E-state index contributed by atoms with van der Waals surface area (Å²) in [7, 11) is 0. The number of aromatic nitrogens is 3. The Balaban J connectivity index is 1.33. The van der Waals surface area contributed by atoms with Crippen LogP contribution in [-0.2, 0) is 24.3 Å². The molecule has 0 atom stereocenters. The molecular formula is C23H23F2N5O. The molecule has 31 heavy (non-hydrogen) atoms. The van der Waals surface area contributed by atoms with Crippen molar-refractivity contribution < 1.29 is 13.6 Å². The Bertz CT molecular complexity index is 1120. The van der Waals surface area contributed by atoms with Crippen LogP contribution in [0.25, 0.3) is 11.4 Å². The Kier molecular flexibility index (Phi) is 5.02. The number of nitrogens with one attached hydrogen (secondary N) is 1. The van der Waals surface area contributed by atoms with Crippen molar-refractivity contribution in [1.29, 1.82) is 0 Å². The largest absolute Gasteiger partial charge is 0.349 e. The normalized spacial score (nSPS) is 18.5. The first kappa shape index (κ1) is 19.8. The average molecular weight is 423 g/mol. The Morgan fingerprint density at radius 1 is 1.03 bits per heavy atom. The predicted molar refractivity (Wildman–Crippen MR) is 111 cm³/mol. The third-order valence-corrected chi connectivity index (χ3v) is 6.13. The first-order valence-electron chi connectivity index (χ1n) is 10.5. The topological polar surface area (TPSA) is 63.1 Å². The summed E-state index contributed by atoms with van der Waals surface area (Å²) in [6.45, 7) is 2.37. The molecular weight excluding hydrogens is 400 g/mol. The minimum atomic E-state index is -0.379. The van der Waals surface area contributed by atoms with Gasteiger partial charge in [-0.3, -0.25) is 9.69 Å². The van der Waals surface area contributed by atoms with Crippen molar-refractivity contribution in [2.45, 2.75) is 37.9 Å². The summed E-state index contributed by atoms with van der Waals surface area (Å²) >= 11 is 0. The second kappa shape index (κ2) is 7.85. The van der Waals surface area contributed by atoms with Gasteiger partial charge in [0.05, 0.1) is 0 Å². The van der Waals surface area contributed by atoms with Crippen molar-refractivity contribution in [2.75, 3.05) is 13.1 Å². The number of hydrogen-bond donors (Lipinski definition) is 1. The van der Waals surface area contributed by atoms with E-state index in [1.165, 1.54) is 18.2 Å². The highest BCUT2D eigenvalue weighted by molar-refractivity contribution is 5.77. The molecule has 160 valence electrons. The number of halogens is 2. The zero-order valence-corrected chi connectivity index (χ0v) is 17.0. The highest BCUT2D eigenvalue weighted by atomic mass is 19.1. The molecule has 0 radical (unpaired) electrons. The number of benzene rings is 2. The van der Waals surface area contributed by atoms with Gasteiger partial charge in [-0.05, 0) is 42.7 Å². The molecule has 0 saturated carbocycles.